The summed E-state index contributed by atoms with van der Waals surface area (Å²) in [5.74, 6) is -1.71. The summed E-state index contributed by atoms with van der Waals surface area (Å²) in [7, 11) is 3.23. The first-order valence-electron chi connectivity index (χ1n) is 12.3. The van der Waals surface area contributed by atoms with Crippen LogP contribution in [0.2, 0.25) is 0 Å². The van der Waals surface area contributed by atoms with E-state index in [-0.39, 0.29) is 18.3 Å². The number of benzene rings is 3. The van der Waals surface area contributed by atoms with Crippen molar-refractivity contribution < 1.29 is 43.5 Å². The van der Waals surface area contributed by atoms with Gasteiger partial charge in [0.15, 0.2) is 17.8 Å². The molecule has 4 rings (SSSR count). The quantitative estimate of drug-likeness (QED) is 0.246. The fraction of sp³-hybridized carbons (Fsp3) is 0.310. The number of carbonyl (C=O) groups is 2. The lowest BCUT2D eigenvalue weighted by Gasteiger charge is -2.24. The molecule has 208 valence electrons. The highest BCUT2D eigenvalue weighted by atomic mass is 16.7. The summed E-state index contributed by atoms with van der Waals surface area (Å²) in [4.78, 5) is 18.2. The third-order valence-corrected chi connectivity index (χ3v) is 5.83. The Kier molecular flexibility index (Phi) is 11.6. The molecule has 0 aliphatic carbocycles. The zero-order valence-corrected chi connectivity index (χ0v) is 21.8. The van der Waals surface area contributed by atoms with E-state index >= 15 is 0 Å². The van der Waals surface area contributed by atoms with E-state index in [1.807, 2.05) is 30.3 Å². The molecule has 1 saturated heterocycles. The minimum atomic E-state index is -1.82. The Bertz CT molecular complexity index is 1100. The molecule has 0 aromatic heterocycles. The number of nitrogens with one attached hydrogen (secondary N) is 1. The third kappa shape index (κ3) is 8.71. The van der Waals surface area contributed by atoms with E-state index in [0.29, 0.717) is 43.6 Å². The number of carboxylic acid groups (broad SMARTS) is 2. The molecule has 10 nitrogen and oxygen atoms in total. The van der Waals surface area contributed by atoms with Crippen LogP contribution in [0.5, 0.6) is 17.2 Å². The van der Waals surface area contributed by atoms with Crippen molar-refractivity contribution in [2.24, 2.45) is 0 Å². The first-order chi connectivity index (χ1) is 18.9. The molecule has 1 unspecified atom stereocenters. The fourth-order valence-corrected chi connectivity index (χ4v) is 4.03. The molecule has 39 heavy (non-hydrogen) atoms. The van der Waals surface area contributed by atoms with Crippen molar-refractivity contribution in [1.82, 2.24) is 5.32 Å². The summed E-state index contributed by atoms with van der Waals surface area (Å²) in [6, 6.07) is 26.3. The monoisotopic (exact) mass is 539 g/mol. The lowest BCUT2D eigenvalue weighted by Crippen LogP contribution is -2.32. The second-order valence-corrected chi connectivity index (χ2v) is 8.41. The van der Waals surface area contributed by atoms with Crippen LogP contribution >= 0.6 is 0 Å². The molecule has 3 aromatic carbocycles. The maximum absolute atomic E-state index is 9.10. The van der Waals surface area contributed by atoms with Gasteiger partial charge >= 0.3 is 11.9 Å². The van der Waals surface area contributed by atoms with Crippen molar-refractivity contribution in [3.8, 4) is 17.2 Å². The number of ether oxygens (including phenoxy) is 5. The normalized spacial score (nSPS) is 16.2. The maximum Gasteiger partial charge on any atom is 0.414 e. The maximum atomic E-state index is 9.10. The molecule has 1 fully saturated rings. The number of hydrogen-bond donors (Lipinski definition) is 3. The van der Waals surface area contributed by atoms with Crippen LogP contribution < -0.4 is 19.5 Å². The largest absolute Gasteiger partial charge is 0.493 e. The summed E-state index contributed by atoms with van der Waals surface area (Å²) in [5.41, 5.74) is 2.36. The second kappa shape index (κ2) is 15.3. The van der Waals surface area contributed by atoms with Gasteiger partial charge < -0.3 is 39.2 Å². The van der Waals surface area contributed by atoms with E-state index in [1.54, 1.807) is 14.2 Å². The summed E-state index contributed by atoms with van der Waals surface area (Å²) in [6.45, 7) is 2.37. The Labute approximate surface area is 227 Å². The van der Waals surface area contributed by atoms with Gasteiger partial charge in [-0.3, -0.25) is 0 Å². The Morgan fingerprint density at radius 2 is 1.41 bits per heavy atom. The van der Waals surface area contributed by atoms with Gasteiger partial charge in [-0.1, -0.05) is 66.7 Å². The van der Waals surface area contributed by atoms with Crippen molar-refractivity contribution >= 4 is 11.9 Å². The van der Waals surface area contributed by atoms with E-state index in [1.165, 1.54) is 11.1 Å². The molecule has 0 amide bonds. The molecule has 0 spiro atoms. The van der Waals surface area contributed by atoms with Crippen LogP contribution in [0.3, 0.4) is 0 Å². The van der Waals surface area contributed by atoms with Crippen LogP contribution in [0.25, 0.3) is 0 Å². The summed E-state index contributed by atoms with van der Waals surface area (Å²) in [6.07, 6.45) is -0.346. The van der Waals surface area contributed by atoms with Gasteiger partial charge in [0.1, 0.15) is 6.61 Å². The van der Waals surface area contributed by atoms with Crippen molar-refractivity contribution in [3.63, 3.8) is 0 Å². The summed E-state index contributed by atoms with van der Waals surface area (Å²) in [5, 5.41) is 18.2. The van der Waals surface area contributed by atoms with E-state index in [0.717, 1.165) is 0 Å². The van der Waals surface area contributed by atoms with Gasteiger partial charge in [-0.25, -0.2) is 9.59 Å². The average molecular weight is 540 g/mol. The van der Waals surface area contributed by atoms with Crippen LogP contribution in [-0.4, -0.2) is 75.1 Å². The standard InChI is InChI=1S/C27H31NO5.C2H2O4/c1-29-23-14-9-15-24(30-2)26(23)31-17-16-28-18-22-19-32-27(33-22)25(20-10-5-3-6-11-20)21-12-7-4-8-13-21;3-1(4)2(5)6/h3-15,22,25,27-28H,16-19H2,1-2H3;(H,3,4)(H,5,6)/t22?,27-;/m0./s1. The molecular weight excluding hydrogens is 506 g/mol. The fourth-order valence-electron chi connectivity index (χ4n) is 4.03. The smallest absolute Gasteiger partial charge is 0.414 e. The summed E-state index contributed by atoms with van der Waals surface area (Å²) >= 11 is 0. The van der Waals surface area contributed by atoms with E-state index in [4.69, 9.17) is 43.5 Å². The van der Waals surface area contributed by atoms with Gasteiger partial charge in [0.05, 0.1) is 32.8 Å². The zero-order valence-electron chi connectivity index (χ0n) is 21.8. The van der Waals surface area contributed by atoms with Crippen molar-refractivity contribution in [1.29, 1.82) is 0 Å². The highest BCUT2D eigenvalue weighted by Crippen LogP contribution is 2.36. The molecule has 1 aliphatic rings. The topological polar surface area (TPSA) is 133 Å². The SMILES string of the molecule is COc1cccc(OC)c1OCCNCC1CO[C@H](C(c2ccccc2)c2ccccc2)O1.O=C(O)C(=O)O. The molecular formula is C29H33NO9. The first-order valence-corrected chi connectivity index (χ1v) is 12.3. The van der Waals surface area contributed by atoms with Crippen LogP contribution in [0, 0.1) is 0 Å². The van der Waals surface area contributed by atoms with E-state index in [9.17, 15) is 0 Å². The van der Waals surface area contributed by atoms with Gasteiger partial charge in [0.25, 0.3) is 0 Å². The zero-order chi connectivity index (χ0) is 28.0. The Balaban J connectivity index is 0.000000631. The Morgan fingerprint density at radius 1 is 0.872 bits per heavy atom. The highest BCUT2D eigenvalue weighted by molar-refractivity contribution is 6.27. The van der Waals surface area contributed by atoms with Crippen LogP contribution in [0.15, 0.2) is 78.9 Å². The van der Waals surface area contributed by atoms with Crippen molar-refractivity contribution in [3.05, 3.63) is 90.0 Å². The van der Waals surface area contributed by atoms with Gasteiger partial charge in [0.2, 0.25) is 5.75 Å². The predicted octanol–water partition coefficient (Wildman–Crippen LogP) is 3.40. The minimum absolute atomic E-state index is 0.0225. The lowest BCUT2D eigenvalue weighted by atomic mass is 9.91. The lowest BCUT2D eigenvalue weighted by molar-refractivity contribution is -0.159. The molecule has 3 N–H and O–H groups in total. The van der Waals surface area contributed by atoms with Crippen LogP contribution in [-0.2, 0) is 19.1 Å². The average Bonchev–Trinajstić information content (AvgIpc) is 3.42. The second-order valence-electron chi connectivity index (χ2n) is 8.41. The number of aliphatic carboxylic acids is 2. The highest BCUT2D eigenvalue weighted by Gasteiger charge is 2.34. The first kappa shape index (κ1) is 29.4. The number of rotatable bonds is 11. The molecule has 0 saturated carbocycles. The molecule has 3 aromatic rings. The molecule has 0 radical (unpaired) electrons. The van der Waals surface area contributed by atoms with Gasteiger partial charge in [-0.2, -0.15) is 0 Å². The van der Waals surface area contributed by atoms with Gasteiger partial charge in [-0.15, -0.1) is 0 Å². The molecule has 2 atom stereocenters. The van der Waals surface area contributed by atoms with Crippen molar-refractivity contribution in [2.75, 3.05) is 40.5 Å². The third-order valence-electron chi connectivity index (χ3n) is 5.83. The Morgan fingerprint density at radius 3 is 1.90 bits per heavy atom. The van der Waals surface area contributed by atoms with Crippen molar-refractivity contribution in [2.45, 2.75) is 18.3 Å². The molecule has 1 aliphatic heterocycles. The van der Waals surface area contributed by atoms with Crippen LogP contribution in [0.4, 0.5) is 0 Å². The van der Waals surface area contributed by atoms with E-state index in [2.05, 4.69) is 53.8 Å². The van der Waals surface area contributed by atoms with Gasteiger partial charge in [-0.05, 0) is 23.3 Å². The molecule has 1 heterocycles. The molecule has 10 heteroatoms. The minimum Gasteiger partial charge on any atom is -0.493 e. The Hall–Kier alpha value is -4.12. The predicted molar refractivity (Wildman–Crippen MR) is 143 cm³/mol. The molecule has 0 bridgehead atoms. The number of para-hydroxylation sites is 1. The summed E-state index contributed by atoms with van der Waals surface area (Å²) < 4.78 is 29.0. The van der Waals surface area contributed by atoms with Gasteiger partial charge in [0, 0.05) is 13.1 Å². The van der Waals surface area contributed by atoms with Crippen LogP contribution in [0.1, 0.15) is 17.0 Å². The number of carboxylic acids is 2. The number of methoxy groups -OCH3 is 2. The number of hydrogen-bond acceptors (Lipinski definition) is 8. The van der Waals surface area contributed by atoms with E-state index < -0.39 is 11.9 Å².